The van der Waals surface area contributed by atoms with Crippen LogP contribution in [0.5, 0.6) is 0 Å². The topological polar surface area (TPSA) is 29.9 Å². The monoisotopic (exact) mass is 205 g/mol. The summed E-state index contributed by atoms with van der Waals surface area (Å²) >= 11 is 0. The van der Waals surface area contributed by atoms with Crippen LogP contribution >= 0.6 is 0 Å². The molecule has 2 heterocycles. The van der Waals surface area contributed by atoms with Gasteiger partial charge in [0.1, 0.15) is 5.82 Å². The van der Waals surface area contributed by atoms with Gasteiger partial charge in [-0.25, -0.2) is 4.68 Å². The Morgan fingerprint density at radius 1 is 1.33 bits per heavy atom. The van der Waals surface area contributed by atoms with Crippen molar-refractivity contribution < 1.29 is 0 Å². The highest BCUT2D eigenvalue weighted by molar-refractivity contribution is 5.40. The summed E-state index contributed by atoms with van der Waals surface area (Å²) in [5, 5.41) is 8.23. The number of hydrogen-bond donors (Lipinski definition) is 1. The van der Waals surface area contributed by atoms with E-state index < -0.39 is 0 Å². The largest absolute Gasteiger partial charge is 0.368 e. The standard InChI is InChI=1S/C12H19N3/c1-9-6-7-15-12(13-9)8-11(14-15)10-4-2-3-5-10/h8-10,13H,2-7H2,1H3. The van der Waals surface area contributed by atoms with Crippen LogP contribution in [0.25, 0.3) is 0 Å². The van der Waals surface area contributed by atoms with E-state index in [0.29, 0.717) is 6.04 Å². The second-order valence-electron chi connectivity index (χ2n) is 4.99. The van der Waals surface area contributed by atoms with Gasteiger partial charge in [0.25, 0.3) is 0 Å². The number of aryl methyl sites for hydroxylation is 1. The lowest BCUT2D eigenvalue weighted by molar-refractivity contribution is 0.504. The molecule has 1 aliphatic carbocycles. The number of hydrogen-bond acceptors (Lipinski definition) is 2. The second kappa shape index (κ2) is 3.54. The van der Waals surface area contributed by atoms with Crippen molar-refractivity contribution in [2.75, 3.05) is 5.32 Å². The van der Waals surface area contributed by atoms with Gasteiger partial charge in [0.15, 0.2) is 0 Å². The maximum Gasteiger partial charge on any atom is 0.124 e. The van der Waals surface area contributed by atoms with Crippen molar-refractivity contribution in [1.29, 1.82) is 0 Å². The Morgan fingerprint density at radius 3 is 2.93 bits per heavy atom. The summed E-state index contributed by atoms with van der Waals surface area (Å²) in [7, 11) is 0. The molecule has 1 atom stereocenters. The predicted molar refractivity (Wildman–Crippen MR) is 61.1 cm³/mol. The van der Waals surface area contributed by atoms with Crippen LogP contribution in [0.15, 0.2) is 6.07 Å². The smallest absolute Gasteiger partial charge is 0.124 e. The van der Waals surface area contributed by atoms with Crippen LogP contribution in [0.3, 0.4) is 0 Å². The molecular formula is C12H19N3. The summed E-state index contributed by atoms with van der Waals surface area (Å²) in [6.45, 7) is 3.32. The van der Waals surface area contributed by atoms with Gasteiger partial charge in [-0.15, -0.1) is 0 Å². The first kappa shape index (κ1) is 9.25. The van der Waals surface area contributed by atoms with E-state index in [1.807, 2.05) is 0 Å². The van der Waals surface area contributed by atoms with E-state index in [4.69, 9.17) is 5.10 Å². The number of rotatable bonds is 1. The zero-order valence-corrected chi connectivity index (χ0v) is 9.37. The molecule has 1 fully saturated rings. The highest BCUT2D eigenvalue weighted by Gasteiger charge is 2.23. The van der Waals surface area contributed by atoms with E-state index in [0.717, 1.165) is 12.5 Å². The minimum absolute atomic E-state index is 0.602. The van der Waals surface area contributed by atoms with Gasteiger partial charge in [-0.2, -0.15) is 5.10 Å². The maximum absolute atomic E-state index is 4.72. The molecule has 1 N–H and O–H groups in total. The zero-order valence-electron chi connectivity index (χ0n) is 9.37. The molecule has 0 spiro atoms. The van der Waals surface area contributed by atoms with Crippen LogP contribution < -0.4 is 5.32 Å². The van der Waals surface area contributed by atoms with E-state index >= 15 is 0 Å². The van der Waals surface area contributed by atoms with Crippen LogP contribution in [0.1, 0.15) is 50.6 Å². The summed E-state index contributed by atoms with van der Waals surface area (Å²) < 4.78 is 2.15. The third-order valence-corrected chi connectivity index (χ3v) is 3.74. The fourth-order valence-corrected chi connectivity index (χ4v) is 2.78. The molecule has 0 radical (unpaired) electrons. The minimum atomic E-state index is 0.602. The van der Waals surface area contributed by atoms with Gasteiger partial charge in [-0.1, -0.05) is 12.8 Å². The van der Waals surface area contributed by atoms with Crippen LogP contribution in [-0.4, -0.2) is 15.8 Å². The van der Waals surface area contributed by atoms with Crippen molar-refractivity contribution >= 4 is 5.82 Å². The molecule has 3 rings (SSSR count). The molecule has 1 aromatic rings. The Morgan fingerprint density at radius 2 is 2.13 bits per heavy atom. The van der Waals surface area contributed by atoms with Gasteiger partial charge in [0, 0.05) is 24.6 Å². The molecule has 15 heavy (non-hydrogen) atoms. The summed E-state index contributed by atoms with van der Waals surface area (Å²) in [5.41, 5.74) is 1.32. The molecule has 0 saturated heterocycles. The highest BCUT2D eigenvalue weighted by Crippen LogP contribution is 2.35. The van der Waals surface area contributed by atoms with Gasteiger partial charge >= 0.3 is 0 Å². The fourth-order valence-electron chi connectivity index (χ4n) is 2.78. The van der Waals surface area contributed by atoms with Crippen molar-refractivity contribution in [1.82, 2.24) is 9.78 Å². The average molecular weight is 205 g/mol. The molecule has 3 nitrogen and oxygen atoms in total. The zero-order chi connectivity index (χ0) is 10.3. The average Bonchev–Trinajstić information content (AvgIpc) is 2.84. The maximum atomic E-state index is 4.72. The summed E-state index contributed by atoms with van der Waals surface area (Å²) in [6, 6.07) is 2.87. The normalized spacial score (nSPS) is 26.3. The van der Waals surface area contributed by atoms with Gasteiger partial charge < -0.3 is 5.32 Å². The Hall–Kier alpha value is -0.990. The Kier molecular flexibility index (Phi) is 2.19. The Bertz CT molecular complexity index is 350. The van der Waals surface area contributed by atoms with Crippen molar-refractivity contribution in [3.8, 4) is 0 Å². The number of nitrogens with zero attached hydrogens (tertiary/aromatic N) is 2. The molecule has 0 aromatic carbocycles. The van der Waals surface area contributed by atoms with Gasteiger partial charge in [-0.05, 0) is 26.2 Å². The van der Waals surface area contributed by atoms with Crippen LogP contribution in [0, 0.1) is 0 Å². The summed E-state index contributed by atoms with van der Waals surface area (Å²) in [4.78, 5) is 0. The number of aromatic nitrogens is 2. The van der Waals surface area contributed by atoms with Crippen LogP contribution in [0.4, 0.5) is 5.82 Å². The molecule has 1 saturated carbocycles. The minimum Gasteiger partial charge on any atom is -0.368 e. The molecule has 1 aliphatic heterocycles. The lowest BCUT2D eigenvalue weighted by Gasteiger charge is -2.21. The first-order chi connectivity index (χ1) is 7.33. The SMILES string of the molecule is CC1CCn2nc(C3CCCC3)cc2N1. The molecule has 0 amide bonds. The highest BCUT2D eigenvalue weighted by atomic mass is 15.3. The first-order valence-corrected chi connectivity index (χ1v) is 6.17. The second-order valence-corrected chi connectivity index (χ2v) is 4.99. The van der Waals surface area contributed by atoms with E-state index in [9.17, 15) is 0 Å². The van der Waals surface area contributed by atoms with E-state index in [-0.39, 0.29) is 0 Å². The van der Waals surface area contributed by atoms with Crippen LogP contribution in [-0.2, 0) is 6.54 Å². The van der Waals surface area contributed by atoms with Crippen molar-refractivity contribution in [2.45, 2.75) is 57.5 Å². The quantitative estimate of drug-likeness (QED) is 0.764. The Labute approximate surface area is 90.9 Å². The summed E-state index contributed by atoms with van der Waals surface area (Å²) in [5.74, 6) is 1.97. The third kappa shape index (κ3) is 1.64. The van der Waals surface area contributed by atoms with Crippen molar-refractivity contribution in [3.05, 3.63) is 11.8 Å². The molecule has 1 aromatic heterocycles. The molecule has 2 aliphatic rings. The Balaban J connectivity index is 1.85. The molecular weight excluding hydrogens is 186 g/mol. The van der Waals surface area contributed by atoms with Crippen LogP contribution in [0.2, 0.25) is 0 Å². The molecule has 0 bridgehead atoms. The third-order valence-electron chi connectivity index (χ3n) is 3.74. The van der Waals surface area contributed by atoms with E-state index in [1.54, 1.807) is 0 Å². The molecule has 82 valence electrons. The predicted octanol–water partition coefficient (Wildman–Crippen LogP) is 2.74. The van der Waals surface area contributed by atoms with Gasteiger partial charge in [0.05, 0.1) is 5.69 Å². The lowest BCUT2D eigenvalue weighted by atomic mass is 10.0. The van der Waals surface area contributed by atoms with Crippen molar-refractivity contribution in [2.24, 2.45) is 0 Å². The lowest BCUT2D eigenvalue weighted by Crippen LogP contribution is -2.25. The number of anilines is 1. The molecule has 1 unspecified atom stereocenters. The van der Waals surface area contributed by atoms with E-state index in [1.165, 1.54) is 43.6 Å². The first-order valence-electron chi connectivity index (χ1n) is 6.17. The fraction of sp³-hybridized carbons (Fsp3) is 0.750. The van der Waals surface area contributed by atoms with E-state index in [2.05, 4.69) is 23.0 Å². The van der Waals surface area contributed by atoms with Crippen molar-refractivity contribution in [3.63, 3.8) is 0 Å². The number of fused-ring (bicyclic) bond motifs is 1. The van der Waals surface area contributed by atoms with Gasteiger partial charge in [0.2, 0.25) is 0 Å². The van der Waals surface area contributed by atoms with Gasteiger partial charge in [-0.3, -0.25) is 0 Å². The molecule has 3 heteroatoms. The summed E-state index contributed by atoms with van der Waals surface area (Å²) in [6.07, 6.45) is 6.64. The number of nitrogens with one attached hydrogen (secondary N) is 1.